The van der Waals surface area contributed by atoms with Crippen molar-refractivity contribution < 1.29 is 9.53 Å². The summed E-state index contributed by atoms with van der Waals surface area (Å²) in [4.78, 5) is 36.8. The fourth-order valence-corrected chi connectivity index (χ4v) is 9.80. The molecule has 7 aromatic rings. The van der Waals surface area contributed by atoms with Gasteiger partial charge in [-0.3, -0.25) is 19.3 Å². The molecule has 0 radical (unpaired) electrons. The first kappa shape index (κ1) is 41.1. The van der Waals surface area contributed by atoms with Crippen LogP contribution in [0.2, 0.25) is 5.02 Å². The van der Waals surface area contributed by atoms with Crippen LogP contribution in [0.1, 0.15) is 63.8 Å². The van der Waals surface area contributed by atoms with Crippen LogP contribution in [0.4, 0.5) is 5.69 Å². The van der Waals surface area contributed by atoms with Crippen LogP contribution in [-0.4, -0.2) is 94.9 Å². The predicted octanol–water partition coefficient (Wildman–Crippen LogP) is 8.82. The van der Waals surface area contributed by atoms with E-state index in [1.807, 2.05) is 63.0 Å². The van der Waals surface area contributed by atoms with E-state index in [1.165, 1.54) is 0 Å². The minimum atomic E-state index is -0.706. The Morgan fingerprint density at radius 1 is 0.902 bits per heavy atom. The standard InChI is InChI=1S/C47H52Cl2N10O2/c1-27-21-33(22-28(2)42(27)48)61-20-10-13-35-34-11-9-12-36(41-29(3)51-40(52-30(41)4)25-57-18-16-54(6)17-19-57)43(34)58-31(5)45(49)59(47(60)44(35)58)39-24-55(7)38-15-14-32(23-37(38)39)46-50-26-56(8)53-46/h9,11-12,14-15,21-24,26,31,45H,10,13,16-20,25H2,1-8H3/t31?,45-/m0/s1. The van der Waals surface area contributed by atoms with Crippen LogP contribution in [-0.2, 0) is 27.1 Å². The highest BCUT2D eigenvalue weighted by molar-refractivity contribution is 6.32. The topological polar surface area (TPSA) is 102 Å². The third kappa shape index (κ3) is 7.37. The number of carbonyl (C=O) groups excluding carboxylic acids is 1. The third-order valence-electron chi connectivity index (χ3n) is 12.5. The van der Waals surface area contributed by atoms with E-state index in [1.54, 1.807) is 15.9 Å². The molecule has 1 unspecified atom stereocenters. The average Bonchev–Trinajstić information content (AvgIpc) is 3.91. The molecule has 2 atom stereocenters. The Kier molecular flexibility index (Phi) is 10.9. The van der Waals surface area contributed by atoms with Crippen LogP contribution in [0.3, 0.4) is 0 Å². The Labute approximate surface area is 366 Å². The molecule has 61 heavy (non-hydrogen) atoms. The summed E-state index contributed by atoms with van der Waals surface area (Å²) in [5.74, 6) is 2.07. The first-order valence-electron chi connectivity index (χ1n) is 21.0. The molecule has 0 spiro atoms. The molecule has 1 saturated heterocycles. The summed E-state index contributed by atoms with van der Waals surface area (Å²) in [7, 11) is 6.01. The minimum absolute atomic E-state index is 0.152. The van der Waals surface area contributed by atoms with E-state index in [2.05, 4.69) is 76.5 Å². The van der Waals surface area contributed by atoms with Gasteiger partial charge < -0.3 is 18.8 Å². The molecule has 0 saturated carbocycles. The normalized spacial score (nSPS) is 17.5. The molecule has 6 heterocycles. The number of para-hydroxylation sites is 1. The molecule has 316 valence electrons. The zero-order valence-electron chi connectivity index (χ0n) is 36.1. The van der Waals surface area contributed by atoms with E-state index in [0.29, 0.717) is 37.5 Å². The molecule has 0 N–H and O–H groups in total. The largest absolute Gasteiger partial charge is 0.494 e. The molecular formula is C47H52Cl2N10O2. The maximum Gasteiger partial charge on any atom is 0.276 e. The molecule has 1 amide bonds. The van der Waals surface area contributed by atoms with Gasteiger partial charge in [-0.1, -0.05) is 41.4 Å². The van der Waals surface area contributed by atoms with Gasteiger partial charge in [0.2, 0.25) is 0 Å². The number of benzene rings is 3. The molecule has 3 aromatic carbocycles. The van der Waals surface area contributed by atoms with Gasteiger partial charge in [0, 0.05) is 95.9 Å². The first-order valence-corrected chi connectivity index (χ1v) is 21.8. The van der Waals surface area contributed by atoms with E-state index >= 15 is 4.79 Å². The zero-order valence-corrected chi connectivity index (χ0v) is 37.6. The van der Waals surface area contributed by atoms with E-state index in [-0.39, 0.29) is 11.9 Å². The van der Waals surface area contributed by atoms with Gasteiger partial charge in [-0.15, -0.1) is 0 Å². The quantitative estimate of drug-likeness (QED) is 0.0765. The van der Waals surface area contributed by atoms with E-state index in [0.717, 1.165) is 115 Å². The van der Waals surface area contributed by atoms with E-state index in [4.69, 9.17) is 37.9 Å². The van der Waals surface area contributed by atoms with Gasteiger partial charge in [0.1, 0.15) is 29.1 Å². The van der Waals surface area contributed by atoms with Crippen molar-refractivity contribution in [3.8, 4) is 28.3 Å². The third-order valence-corrected chi connectivity index (χ3v) is 13.6. The molecule has 4 aromatic heterocycles. The number of anilines is 1. The Balaban J connectivity index is 1.15. The van der Waals surface area contributed by atoms with Crippen molar-refractivity contribution >= 4 is 56.6 Å². The maximum absolute atomic E-state index is 15.5. The average molecular weight is 860 g/mol. The van der Waals surface area contributed by atoms with Gasteiger partial charge in [-0.25, -0.2) is 15.0 Å². The Morgan fingerprint density at radius 3 is 2.31 bits per heavy atom. The number of piperazine rings is 1. The second-order valence-corrected chi connectivity index (χ2v) is 17.7. The monoisotopic (exact) mass is 858 g/mol. The summed E-state index contributed by atoms with van der Waals surface area (Å²) >= 11 is 14.0. The van der Waals surface area contributed by atoms with Crippen LogP contribution < -0.4 is 9.64 Å². The first-order chi connectivity index (χ1) is 29.3. The second kappa shape index (κ2) is 16.2. The van der Waals surface area contributed by atoms with Crippen molar-refractivity contribution in [3.05, 3.63) is 106 Å². The Bertz CT molecular complexity index is 2790. The molecule has 0 aliphatic carbocycles. The smallest absolute Gasteiger partial charge is 0.276 e. The number of alkyl halides is 1. The molecule has 9 rings (SSSR count). The Morgan fingerprint density at radius 2 is 1.62 bits per heavy atom. The van der Waals surface area contributed by atoms with Crippen LogP contribution in [0.5, 0.6) is 5.75 Å². The molecule has 2 aliphatic heterocycles. The summed E-state index contributed by atoms with van der Waals surface area (Å²) in [6, 6.07) is 16.1. The van der Waals surface area contributed by atoms with Crippen molar-refractivity contribution in [2.45, 2.75) is 65.5 Å². The Hall–Kier alpha value is -5.27. The van der Waals surface area contributed by atoms with Crippen molar-refractivity contribution in [2.75, 3.05) is 44.7 Å². The summed E-state index contributed by atoms with van der Waals surface area (Å²) in [6.45, 7) is 15.5. The lowest BCUT2D eigenvalue weighted by atomic mass is 9.97. The number of likely N-dealkylation sites (N-methyl/N-ethyl adjacent to an activating group) is 1. The summed E-state index contributed by atoms with van der Waals surface area (Å²) in [5, 5.41) is 7.21. The van der Waals surface area contributed by atoms with Gasteiger partial charge >= 0.3 is 0 Å². The summed E-state index contributed by atoms with van der Waals surface area (Å²) in [5.41, 5.74) is 10.2. The van der Waals surface area contributed by atoms with Crippen molar-refractivity contribution in [1.29, 1.82) is 0 Å². The second-order valence-electron chi connectivity index (χ2n) is 16.9. The SMILES string of the molecule is Cc1cc(OCCCc2c3n(c4c(-c5c(C)nc(CN6CCN(C)CC6)nc5C)cccc24)C(C)[C@@H](Cl)N(c2cn(C)c4ccc(-c5ncn(C)n5)cc24)C3=O)cc(C)c1Cl. The van der Waals surface area contributed by atoms with Crippen molar-refractivity contribution in [1.82, 2.24) is 43.7 Å². The lowest BCUT2D eigenvalue weighted by Gasteiger charge is -2.38. The summed E-state index contributed by atoms with van der Waals surface area (Å²) < 4.78 is 12.2. The predicted molar refractivity (Wildman–Crippen MR) is 244 cm³/mol. The van der Waals surface area contributed by atoms with Gasteiger partial charge in [0.25, 0.3) is 5.91 Å². The molecular weight excluding hydrogens is 807 g/mol. The fourth-order valence-electron chi connectivity index (χ4n) is 9.39. The van der Waals surface area contributed by atoms with Crippen LogP contribution >= 0.6 is 23.2 Å². The number of halogens is 2. The van der Waals surface area contributed by atoms with Gasteiger partial charge in [0.05, 0.1) is 30.4 Å². The van der Waals surface area contributed by atoms with Gasteiger partial charge in [-0.05, 0) is 102 Å². The highest BCUT2D eigenvalue weighted by Gasteiger charge is 2.42. The highest BCUT2D eigenvalue weighted by atomic mass is 35.5. The molecule has 1 fully saturated rings. The number of fused-ring (bicyclic) bond motifs is 4. The van der Waals surface area contributed by atoms with E-state index < -0.39 is 5.50 Å². The number of aryl methyl sites for hydroxylation is 7. The molecule has 14 heteroatoms. The van der Waals surface area contributed by atoms with Gasteiger partial charge in [0.15, 0.2) is 5.82 Å². The fraction of sp³-hybridized carbons (Fsp3) is 0.383. The highest BCUT2D eigenvalue weighted by Crippen LogP contribution is 2.46. The number of ether oxygens (including phenoxy) is 1. The molecule has 0 bridgehead atoms. The van der Waals surface area contributed by atoms with Crippen LogP contribution in [0.25, 0.3) is 44.3 Å². The van der Waals surface area contributed by atoms with Crippen molar-refractivity contribution in [2.24, 2.45) is 14.1 Å². The number of rotatable bonds is 10. The maximum atomic E-state index is 15.5. The lowest BCUT2D eigenvalue weighted by molar-refractivity contribution is 0.0951. The van der Waals surface area contributed by atoms with Gasteiger partial charge in [-0.2, -0.15) is 5.10 Å². The number of hydrogen-bond acceptors (Lipinski definition) is 8. The number of amides is 1. The molecule has 2 aliphatic rings. The lowest BCUT2D eigenvalue weighted by Crippen LogP contribution is -2.47. The number of carbonyl (C=O) groups is 1. The number of aromatic nitrogens is 7. The minimum Gasteiger partial charge on any atom is -0.494 e. The molecule has 12 nitrogen and oxygen atoms in total. The zero-order chi connectivity index (χ0) is 42.9. The van der Waals surface area contributed by atoms with E-state index in [9.17, 15) is 0 Å². The van der Waals surface area contributed by atoms with Crippen LogP contribution in [0.15, 0.2) is 61.1 Å². The van der Waals surface area contributed by atoms with Crippen LogP contribution in [0, 0.1) is 27.7 Å². The number of hydrogen-bond donors (Lipinski definition) is 0. The van der Waals surface area contributed by atoms with Crippen molar-refractivity contribution in [3.63, 3.8) is 0 Å². The summed E-state index contributed by atoms with van der Waals surface area (Å²) in [6.07, 6.45) is 4.98. The number of nitrogens with zero attached hydrogens (tertiary/aromatic N) is 10.